The fourth-order valence-electron chi connectivity index (χ4n) is 2.74. The van der Waals surface area contributed by atoms with Gasteiger partial charge >= 0.3 is 0 Å². The molecule has 3 N–H and O–H groups in total. The summed E-state index contributed by atoms with van der Waals surface area (Å²) < 4.78 is 0. The molecule has 0 spiro atoms. The molecule has 0 radical (unpaired) electrons. The van der Waals surface area contributed by atoms with Crippen LogP contribution in [-0.2, 0) is 0 Å². The Labute approximate surface area is 109 Å². The Balaban J connectivity index is 2.04. The van der Waals surface area contributed by atoms with Crippen molar-refractivity contribution in [3.05, 3.63) is 29.3 Å². The highest BCUT2D eigenvalue weighted by molar-refractivity contribution is 5.37. The Morgan fingerprint density at radius 2 is 2.00 bits per heavy atom. The van der Waals surface area contributed by atoms with Crippen molar-refractivity contribution in [2.45, 2.75) is 57.7 Å². The van der Waals surface area contributed by atoms with E-state index in [1.807, 2.05) is 26.0 Å². The predicted molar refractivity (Wildman–Crippen MR) is 72.7 cm³/mol. The van der Waals surface area contributed by atoms with Crippen LogP contribution in [0.4, 0.5) is 0 Å². The smallest absolute Gasteiger partial charge is 0.120 e. The lowest BCUT2D eigenvalue weighted by Gasteiger charge is -2.31. The summed E-state index contributed by atoms with van der Waals surface area (Å²) in [6, 6.07) is 5.95. The molecule has 1 fully saturated rings. The van der Waals surface area contributed by atoms with Crippen molar-refractivity contribution in [1.29, 1.82) is 0 Å². The number of benzene rings is 1. The van der Waals surface area contributed by atoms with Crippen LogP contribution in [0.2, 0.25) is 0 Å². The van der Waals surface area contributed by atoms with Gasteiger partial charge in [-0.1, -0.05) is 25.0 Å². The summed E-state index contributed by atoms with van der Waals surface area (Å²) in [4.78, 5) is 0. The molecule has 18 heavy (non-hydrogen) atoms. The number of rotatable bonds is 3. The van der Waals surface area contributed by atoms with Gasteiger partial charge in [-0.3, -0.25) is 0 Å². The van der Waals surface area contributed by atoms with Crippen molar-refractivity contribution in [1.82, 2.24) is 5.32 Å². The average Bonchev–Trinajstić information content (AvgIpc) is 2.32. The highest BCUT2D eigenvalue weighted by atomic mass is 16.3. The topological polar surface area (TPSA) is 52.5 Å². The van der Waals surface area contributed by atoms with Crippen molar-refractivity contribution in [3.8, 4) is 5.75 Å². The van der Waals surface area contributed by atoms with Crippen LogP contribution in [0.15, 0.2) is 18.2 Å². The van der Waals surface area contributed by atoms with Crippen LogP contribution in [-0.4, -0.2) is 22.4 Å². The third-order valence-corrected chi connectivity index (χ3v) is 3.85. The van der Waals surface area contributed by atoms with E-state index in [0.717, 1.165) is 30.4 Å². The highest BCUT2D eigenvalue weighted by Gasteiger charge is 2.25. The SMILES string of the molecule is Cc1ccc(C(C)NC2CCCCC2O)c(O)c1. The number of phenolic OH excluding ortho intramolecular Hbond substituents is 1. The predicted octanol–water partition coefficient (Wildman–Crippen LogP) is 2.65. The van der Waals surface area contributed by atoms with Crippen LogP contribution in [0.5, 0.6) is 5.75 Å². The summed E-state index contributed by atoms with van der Waals surface area (Å²) in [6.45, 7) is 4.00. The Morgan fingerprint density at radius 1 is 1.28 bits per heavy atom. The molecule has 3 unspecified atom stereocenters. The molecule has 1 aromatic rings. The molecule has 3 nitrogen and oxygen atoms in total. The summed E-state index contributed by atoms with van der Waals surface area (Å²) in [5.41, 5.74) is 1.96. The molecule has 1 aliphatic carbocycles. The Bertz CT molecular complexity index is 405. The minimum absolute atomic E-state index is 0.0587. The van der Waals surface area contributed by atoms with Gasteiger partial charge in [0.2, 0.25) is 0 Å². The van der Waals surface area contributed by atoms with E-state index in [1.165, 1.54) is 6.42 Å². The van der Waals surface area contributed by atoms with Crippen molar-refractivity contribution >= 4 is 0 Å². The van der Waals surface area contributed by atoms with E-state index in [1.54, 1.807) is 6.07 Å². The molecule has 1 aromatic carbocycles. The first-order valence-corrected chi connectivity index (χ1v) is 6.81. The van der Waals surface area contributed by atoms with Crippen LogP contribution in [0.1, 0.15) is 49.8 Å². The van der Waals surface area contributed by atoms with Gasteiger partial charge in [-0.25, -0.2) is 0 Å². The zero-order chi connectivity index (χ0) is 13.1. The van der Waals surface area contributed by atoms with Gasteiger partial charge in [0.15, 0.2) is 0 Å². The fourth-order valence-corrected chi connectivity index (χ4v) is 2.74. The lowest BCUT2D eigenvalue weighted by molar-refractivity contribution is 0.0858. The molecule has 2 rings (SSSR count). The standard InChI is InChI=1S/C15H23NO2/c1-10-7-8-12(15(18)9-10)11(2)16-13-5-3-4-6-14(13)17/h7-9,11,13-14,16-18H,3-6H2,1-2H3. The maximum atomic E-state index is 9.95. The summed E-state index contributed by atoms with van der Waals surface area (Å²) in [5, 5.41) is 23.3. The zero-order valence-corrected chi connectivity index (χ0v) is 11.2. The van der Waals surface area contributed by atoms with Gasteiger partial charge in [0, 0.05) is 17.6 Å². The van der Waals surface area contributed by atoms with E-state index in [-0.39, 0.29) is 18.2 Å². The van der Waals surface area contributed by atoms with Gasteiger partial charge in [-0.2, -0.15) is 0 Å². The van der Waals surface area contributed by atoms with Crippen molar-refractivity contribution in [2.75, 3.05) is 0 Å². The summed E-state index contributed by atoms with van der Waals surface area (Å²) in [7, 11) is 0. The zero-order valence-electron chi connectivity index (χ0n) is 11.2. The Hall–Kier alpha value is -1.06. The van der Waals surface area contributed by atoms with E-state index in [2.05, 4.69) is 5.32 Å². The fraction of sp³-hybridized carbons (Fsp3) is 0.600. The second kappa shape index (κ2) is 5.72. The van der Waals surface area contributed by atoms with E-state index in [9.17, 15) is 10.2 Å². The normalized spacial score (nSPS) is 25.9. The summed E-state index contributed by atoms with van der Waals surface area (Å²) in [6.07, 6.45) is 3.92. The molecule has 0 bridgehead atoms. The van der Waals surface area contributed by atoms with Gasteiger partial charge in [0.1, 0.15) is 5.75 Å². The third-order valence-electron chi connectivity index (χ3n) is 3.85. The number of aliphatic hydroxyl groups excluding tert-OH is 1. The molecule has 100 valence electrons. The summed E-state index contributed by atoms with van der Waals surface area (Å²) >= 11 is 0. The molecule has 3 heteroatoms. The molecule has 1 aliphatic rings. The number of nitrogens with one attached hydrogen (secondary N) is 1. The van der Waals surface area contributed by atoms with Gasteiger partial charge < -0.3 is 15.5 Å². The van der Waals surface area contributed by atoms with Gasteiger partial charge in [0.05, 0.1) is 6.10 Å². The van der Waals surface area contributed by atoms with Gasteiger partial charge in [-0.15, -0.1) is 0 Å². The second-order valence-electron chi connectivity index (χ2n) is 5.41. The van der Waals surface area contributed by atoms with Crippen LogP contribution >= 0.6 is 0 Å². The minimum atomic E-state index is -0.256. The molecule has 0 aromatic heterocycles. The van der Waals surface area contributed by atoms with Crippen molar-refractivity contribution in [2.24, 2.45) is 0 Å². The maximum Gasteiger partial charge on any atom is 0.120 e. The number of hydrogen-bond acceptors (Lipinski definition) is 3. The van der Waals surface area contributed by atoms with Crippen molar-refractivity contribution < 1.29 is 10.2 Å². The lowest BCUT2D eigenvalue weighted by atomic mass is 9.91. The first kappa shape index (κ1) is 13.4. The number of aromatic hydroxyl groups is 1. The van der Waals surface area contributed by atoms with Gasteiger partial charge in [-0.05, 0) is 38.3 Å². The Morgan fingerprint density at radius 3 is 2.67 bits per heavy atom. The number of hydrogen-bond donors (Lipinski definition) is 3. The second-order valence-corrected chi connectivity index (χ2v) is 5.41. The maximum absolute atomic E-state index is 9.95. The Kier molecular flexibility index (Phi) is 4.25. The molecule has 0 heterocycles. The molecule has 0 aliphatic heterocycles. The van der Waals surface area contributed by atoms with E-state index < -0.39 is 0 Å². The van der Waals surface area contributed by atoms with E-state index in [0.29, 0.717) is 5.75 Å². The molecule has 0 amide bonds. The highest BCUT2D eigenvalue weighted by Crippen LogP contribution is 2.27. The molecular weight excluding hydrogens is 226 g/mol. The van der Waals surface area contributed by atoms with Crippen LogP contribution < -0.4 is 5.32 Å². The van der Waals surface area contributed by atoms with Crippen LogP contribution in [0.3, 0.4) is 0 Å². The quantitative estimate of drug-likeness (QED) is 0.772. The molecule has 3 atom stereocenters. The largest absolute Gasteiger partial charge is 0.508 e. The van der Waals surface area contributed by atoms with Crippen LogP contribution in [0.25, 0.3) is 0 Å². The van der Waals surface area contributed by atoms with Crippen molar-refractivity contribution in [3.63, 3.8) is 0 Å². The van der Waals surface area contributed by atoms with E-state index in [4.69, 9.17) is 0 Å². The first-order valence-electron chi connectivity index (χ1n) is 6.81. The van der Waals surface area contributed by atoms with Gasteiger partial charge in [0.25, 0.3) is 0 Å². The lowest BCUT2D eigenvalue weighted by Crippen LogP contribution is -2.43. The number of aryl methyl sites for hydroxylation is 1. The monoisotopic (exact) mass is 249 g/mol. The number of phenols is 1. The molecular formula is C15H23NO2. The average molecular weight is 249 g/mol. The minimum Gasteiger partial charge on any atom is -0.508 e. The first-order chi connectivity index (χ1) is 8.58. The molecule has 1 saturated carbocycles. The molecule has 0 saturated heterocycles. The third kappa shape index (κ3) is 3.03. The van der Waals surface area contributed by atoms with E-state index >= 15 is 0 Å². The summed E-state index contributed by atoms with van der Waals surface area (Å²) in [5.74, 6) is 0.334. The number of aliphatic hydroxyl groups is 1. The van der Waals surface area contributed by atoms with Crippen LogP contribution in [0, 0.1) is 6.92 Å².